The molecule has 162 valence electrons. The first-order valence-electron chi connectivity index (χ1n) is 10.7. The summed E-state index contributed by atoms with van der Waals surface area (Å²) in [4.78, 5) is 37.0. The van der Waals surface area contributed by atoms with Crippen LogP contribution >= 0.6 is 0 Å². The van der Waals surface area contributed by atoms with Crippen LogP contribution in [0.25, 0.3) is 0 Å². The Hall–Kier alpha value is -2.67. The summed E-state index contributed by atoms with van der Waals surface area (Å²) in [5.74, 6) is 0.602. The van der Waals surface area contributed by atoms with Gasteiger partial charge >= 0.3 is 0 Å². The van der Waals surface area contributed by atoms with Gasteiger partial charge in [0.2, 0.25) is 11.9 Å². The summed E-state index contributed by atoms with van der Waals surface area (Å²) in [6, 6.07) is 6.25. The topological polar surface area (TPSA) is 78.5 Å². The van der Waals surface area contributed by atoms with Crippen LogP contribution in [0, 0.1) is 13.8 Å². The minimum atomic E-state index is -0.171. The number of aromatic nitrogens is 2. The molecule has 1 aromatic heterocycles. The molecule has 0 radical (unpaired) electrons. The van der Waals surface area contributed by atoms with E-state index >= 15 is 0 Å². The SMILES string of the molecule is CCN(CCOC)c1nc(C)c(CCC(=O)N2CCCc3cc(C)ccc32)c(=O)[nH]1. The fraction of sp³-hybridized carbons (Fsp3) is 0.522. The molecule has 1 aromatic carbocycles. The second-order valence-electron chi connectivity index (χ2n) is 7.81. The number of ether oxygens (including phenoxy) is 1. The quantitative estimate of drug-likeness (QED) is 0.721. The third kappa shape index (κ3) is 4.90. The maximum atomic E-state index is 13.0. The fourth-order valence-electron chi connectivity index (χ4n) is 4.01. The number of hydrogen-bond acceptors (Lipinski definition) is 5. The first-order valence-corrected chi connectivity index (χ1v) is 10.7. The van der Waals surface area contributed by atoms with E-state index in [4.69, 9.17) is 4.74 Å². The molecule has 0 fully saturated rings. The van der Waals surface area contributed by atoms with Gasteiger partial charge < -0.3 is 14.5 Å². The lowest BCUT2D eigenvalue weighted by Gasteiger charge is -2.30. The van der Waals surface area contributed by atoms with Crippen molar-refractivity contribution in [1.29, 1.82) is 0 Å². The van der Waals surface area contributed by atoms with E-state index in [2.05, 4.69) is 23.0 Å². The van der Waals surface area contributed by atoms with Gasteiger partial charge in [0, 0.05) is 50.1 Å². The highest BCUT2D eigenvalue weighted by Gasteiger charge is 2.23. The van der Waals surface area contributed by atoms with Gasteiger partial charge in [-0.15, -0.1) is 0 Å². The summed E-state index contributed by atoms with van der Waals surface area (Å²) >= 11 is 0. The lowest BCUT2D eigenvalue weighted by molar-refractivity contribution is -0.118. The number of H-pyrrole nitrogens is 1. The minimum Gasteiger partial charge on any atom is -0.383 e. The van der Waals surface area contributed by atoms with E-state index in [9.17, 15) is 9.59 Å². The Kier molecular flexibility index (Phi) is 7.26. The van der Waals surface area contributed by atoms with Crippen LogP contribution in [0.3, 0.4) is 0 Å². The molecule has 0 saturated heterocycles. The molecular weight excluding hydrogens is 380 g/mol. The molecule has 2 aromatic rings. The minimum absolute atomic E-state index is 0.0537. The number of likely N-dealkylation sites (N-methyl/N-ethyl adjacent to an activating group) is 1. The average molecular weight is 413 g/mol. The van der Waals surface area contributed by atoms with Crippen molar-refractivity contribution in [3.05, 3.63) is 50.9 Å². The van der Waals surface area contributed by atoms with Crippen LogP contribution in [0.1, 0.15) is 42.1 Å². The van der Waals surface area contributed by atoms with E-state index in [1.165, 1.54) is 11.1 Å². The van der Waals surface area contributed by atoms with Gasteiger partial charge in [0.15, 0.2) is 0 Å². The molecule has 2 heterocycles. The van der Waals surface area contributed by atoms with E-state index in [-0.39, 0.29) is 11.5 Å². The molecule has 1 amide bonds. The van der Waals surface area contributed by atoms with Crippen LogP contribution in [0.5, 0.6) is 0 Å². The summed E-state index contributed by atoms with van der Waals surface area (Å²) in [6.07, 6.45) is 2.64. The molecule has 0 bridgehead atoms. The predicted molar refractivity (Wildman–Crippen MR) is 120 cm³/mol. The number of rotatable bonds is 8. The number of amides is 1. The molecule has 7 nitrogen and oxygen atoms in total. The molecule has 0 spiro atoms. The summed E-state index contributed by atoms with van der Waals surface area (Å²) in [7, 11) is 1.65. The number of hydrogen-bond donors (Lipinski definition) is 1. The van der Waals surface area contributed by atoms with E-state index in [0.717, 1.165) is 31.6 Å². The number of fused-ring (bicyclic) bond motifs is 1. The maximum absolute atomic E-state index is 13.0. The van der Waals surface area contributed by atoms with Gasteiger partial charge in [-0.1, -0.05) is 17.7 Å². The number of methoxy groups -OCH3 is 1. The number of benzene rings is 1. The highest BCUT2D eigenvalue weighted by Crippen LogP contribution is 2.28. The summed E-state index contributed by atoms with van der Waals surface area (Å²) < 4.78 is 5.13. The van der Waals surface area contributed by atoms with Gasteiger partial charge in [0.25, 0.3) is 5.56 Å². The highest BCUT2D eigenvalue weighted by atomic mass is 16.5. The van der Waals surface area contributed by atoms with Gasteiger partial charge in [0.1, 0.15) is 0 Å². The molecule has 0 aliphatic carbocycles. The summed E-state index contributed by atoms with van der Waals surface area (Å²) in [6.45, 7) is 8.58. The Morgan fingerprint density at radius 3 is 2.83 bits per heavy atom. The predicted octanol–water partition coefficient (Wildman–Crippen LogP) is 2.77. The Bertz CT molecular complexity index is 954. The highest BCUT2D eigenvalue weighted by molar-refractivity contribution is 5.94. The zero-order valence-electron chi connectivity index (χ0n) is 18.5. The largest absolute Gasteiger partial charge is 0.383 e. The van der Waals surface area contributed by atoms with E-state index in [1.807, 2.05) is 35.8 Å². The van der Waals surface area contributed by atoms with Crippen LogP contribution < -0.4 is 15.4 Å². The van der Waals surface area contributed by atoms with Crippen molar-refractivity contribution in [1.82, 2.24) is 9.97 Å². The molecule has 30 heavy (non-hydrogen) atoms. The molecule has 1 aliphatic heterocycles. The molecule has 7 heteroatoms. The monoisotopic (exact) mass is 412 g/mol. The number of aryl methyl sites for hydroxylation is 3. The zero-order valence-corrected chi connectivity index (χ0v) is 18.5. The zero-order chi connectivity index (χ0) is 21.7. The van der Waals surface area contributed by atoms with Crippen molar-refractivity contribution in [2.75, 3.05) is 43.2 Å². The smallest absolute Gasteiger partial charge is 0.255 e. The number of nitrogens with one attached hydrogen (secondary N) is 1. The molecule has 0 atom stereocenters. The molecule has 0 unspecified atom stereocenters. The van der Waals surface area contributed by atoms with E-state index < -0.39 is 0 Å². The molecule has 1 aliphatic rings. The maximum Gasteiger partial charge on any atom is 0.255 e. The number of carbonyl (C=O) groups excluding carboxylic acids is 1. The lowest BCUT2D eigenvalue weighted by Crippen LogP contribution is -2.36. The number of nitrogens with zero attached hydrogens (tertiary/aromatic N) is 3. The van der Waals surface area contributed by atoms with Crippen molar-refractivity contribution >= 4 is 17.5 Å². The van der Waals surface area contributed by atoms with Gasteiger partial charge in [-0.25, -0.2) is 4.98 Å². The van der Waals surface area contributed by atoms with Gasteiger partial charge in [-0.05, 0) is 51.7 Å². The third-order valence-corrected chi connectivity index (χ3v) is 5.70. The number of anilines is 2. The van der Waals surface area contributed by atoms with Gasteiger partial charge in [-0.2, -0.15) is 0 Å². The summed E-state index contributed by atoms with van der Waals surface area (Å²) in [5, 5.41) is 0. The standard InChI is InChI=1S/C23H32N4O3/c1-5-26(13-14-30-4)23-24-17(3)19(22(29)25-23)9-11-21(28)27-12-6-7-18-15-16(2)8-10-20(18)27/h8,10,15H,5-7,9,11-14H2,1-4H3,(H,24,25,29). The van der Waals surface area contributed by atoms with Crippen molar-refractivity contribution in [2.45, 2.75) is 46.5 Å². The normalized spacial score (nSPS) is 13.3. The average Bonchev–Trinajstić information content (AvgIpc) is 2.72. The van der Waals surface area contributed by atoms with Crippen molar-refractivity contribution in [3.8, 4) is 0 Å². The van der Waals surface area contributed by atoms with Crippen molar-refractivity contribution < 1.29 is 9.53 Å². The van der Waals surface area contributed by atoms with Crippen LogP contribution in [0.2, 0.25) is 0 Å². The Balaban J connectivity index is 1.72. The van der Waals surface area contributed by atoms with Crippen LogP contribution in [-0.4, -0.2) is 49.2 Å². The lowest BCUT2D eigenvalue weighted by atomic mass is 9.99. The van der Waals surface area contributed by atoms with Gasteiger partial charge in [-0.3, -0.25) is 14.6 Å². The second-order valence-corrected chi connectivity index (χ2v) is 7.81. The third-order valence-electron chi connectivity index (χ3n) is 5.70. The van der Waals surface area contributed by atoms with Gasteiger partial charge in [0.05, 0.1) is 6.61 Å². The molecule has 1 N–H and O–H groups in total. The van der Waals surface area contributed by atoms with Crippen LogP contribution in [0.4, 0.5) is 11.6 Å². The number of carbonyl (C=O) groups is 1. The summed E-state index contributed by atoms with van der Waals surface area (Å²) in [5.41, 5.74) is 4.53. The van der Waals surface area contributed by atoms with E-state index in [0.29, 0.717) is 43.2 Å². The first-order chi connectivity index (χ1) is 14.4. The molecule has 0 saturated carbocycles. The fourth-order valence-corrected chi connectivity index (χ4v) is 4.01. The first kappa shape index (κ1) is 22.0. The van der Waals surface area contributed by atoms with Crippen LogP contribution in [-0.2, 0) is 22.4 Å². The van der Waals surface area contributed by atoms with Crippen molar-refractivity contribution in [2.24, 2.45) is 0 Å². The van der Waals surface area contributed by atoms with Crippen molar-refractivity contribution in [3.63, 3.8) is 0 Å². The Morgan fingerprint density at radius 2 is 2.13 bits per heavy atom. The molecule has 3 rings (SSSR count). The molecular formula is C23H32N4O3. The Morgan fingerprint density at radius 1 is 1.33 bits per heavy atom. The second kappa shape index (κ2) is 9.89. The Labute approximate surface area is 178 Å². The van der Waals surface area contributed by atoms with E-state index in [1.54, 1.807) is 7.11 Å². The number of aromatic amines is 1. The van der Waals surface area contributed by atoms with Crippen LogP contribution in [0.15, 0.2) is 23.0 Å².